The molecule has 0 radical (unpaired) electrons. The van der Waals surface area contributed by atoms with Gasteiger partial charge in [-0.15, -0.1) is 0 Å². The molecular formula is C13H22N4S. The summed E-state index contributed by atoms with van der Waals surface area (Å²) in [5.41, 5.74) is 0. The van der Waals surface area contributed by atoms with Crippen LogP contribution < -0.4 is 10.2 Å². The molecule has 5 heteroatoms. The van der Waals surface area contributed by atoms with Crippen LogP contribution in [0.4, 0.5) is 11.6 Å². The summed E-state index contributed by atoms with van der Waals surface area (Å²) in [7, 11) is 1.90. The van der Waals surface area contributed by atoms with Gasteiger partial charge in [0.15, 0.2) is 5.16 Å². The van der Waals surface area contributed by atoms with Gasteiger partial charge in [-0.2, -0.15) is 0 Å². The van der Waals surface area contributed by atoms with Crippen LogP contribution in [0.1, 0.15) is 26.2 Å². The fourth-order valence-corrected chi connectivity index (χ4v) is 2.78. The Morgan fingerprint density at radius 1 is 1.50 bits per heavy atom. The first-order chi connectivity index (χ1) is 8.76. The Labute approximate surface area is 114 Å². The molecule has 4 nitrogen and oxygen atoms in total. The molecule has 0 amide bonds. The third-order valence-corrected chi connectivity index (χ3v) is 4.10. The van der Waals surface area contributed by atoms with Gasteiger partial charge in [0.1, 0.15) is 11.6 Å². The van der Waals surface area contributed by atoms with Crippen LogP contribution in [0.25, 0.3) is 0 Å². The molecule has 0 aromatic carbocycles. The number of hydrogen-bond acceptors (Lipinski definition) is 5. The van der Waals surface area contributed by atoms with E-state index in [1.807, 2.05) is 13.3 Å². The molecule has 1 N–H and O–H groups in total. The third kappa shape index (κ3) is 3.07. The van der Waals surface area contributed by atoms with Crippen LogP contribution in [0, 0.1) is 5.92 Å². The Morgan fingerprint density at radius 3 is 3.00 bits per heavy atom. The summed E-state index contributed by atoms with van der Waals surface area (Å²) in [6.07, 6.45) is 5.90. The SMILES string of the molecule is CCC1CCCN(c2cc(NC)nc(SC)n2)C1. The molecule has 1 fully saturated rings. The molecule has 1 aliphatic heterocycles. The summed E-state index contributed by atoms with van der Waals surface area (Å²) in [6.45, 7) is 4.52. The van der Waals surface area contributed by atoms with Crippen LogP contribution in [0.5, 0.6) is 0 Å². The molecule has 0 spiro atoms. The zero-order chi connectivity index (χ0) is 13.0. The first-order valence-electron chi connectivity index (χ1n) is 6.62. The van der Waals surface area contributed by atoms with Gasteiger partial charge in [0.2, 0.25) is 0 Å². The minimum Gasteiger partial charge on any atom is -0.373 e. The van der Waals surface area contributed by atoms with E-state index in [0.29, 0.717) is 0 Å². The average Bonchev–Trinajstić information content (AvgIpc) is 2.46. The quantitative estimate of drug-likeness (QED) is 0.670. The number of rotatable bonds is 4. The number of anilines is 2. The van der Waals surface area contributed by atoms with Crippen molar-refractivity contribution in [2.24, 2.45) is 5.92 Å². The molecule has 1 aliphatic rings. The lowest BCUT2D eigenvalue weighted by molar-refractivity contribution is 0.402. The highest BCUT2D eigenvalue weighted by molar-refractivity contribution is 7.98. The molecule has 2 heterocycles. The van der Waals surface area contributed by atoms with E-state index in [1.165, 1.54) is 19.3 Å². The van der Waals surface area contributed by atoms with Crippen molar-refractivity contribution in [1.82, 2.24) is 9.97 Å². The maximum Gasteiger partial charge on any atom is 0.191 e. The smallest absolute Gasteiger partial charge is 0.191 e. The fraction of sp³-hybridized carbons (Fsp3) is 0.692. The lowest BCUT2D eigenvalue weighted by Crippen LogP contribution is -2.35. The van der Waals surface area contributed by atoms with Gasteiger partial charge in [-0.3, -0.25) is 0 Å². The number of nitrogens with zero attached hydrogens (tertiary/aromatic N) is 3. The highest BCUT2D eigenvalue weighted by atomic mass is 32.2. The largest absolute Gasteiger partial charge is 0.373 e. The zero-order valence-corrected chi connectivity index (χ0v) is 12.3. The standard InChI is InChI=1S/C13H22N4S/c1-4-10-6-5-7-17(9-10)12-8-11(14-2)15-13(16-12)18-3/h8,10H,4-7,9H2,1-3H3,(H,14,15,16). The van der Waals surface area contributed by atoms with Crippen LogP contribution in [0.15, 0.2) is 11.2 Å². The van der Waals surface area contributed by atoms with E-state index in [2.05, 4.69) is 33.2 Å². The van der Waals surface area contributed by atoms with Gasteiger partial charge in [-0.25, -0.2) is 9.97 Å². The van der Waals surface area contributed by atoms with Gasteiger partial charge >= 0.3 is 0 Å². The highest BCUT2D eigenvalue weighted by Gasteiger charge is 2.20. The van der Waals surface area contributed by atoms with Crippen molar-refractivity contribution in [3.8, 4) is 0 Å². The molecule has 2 rings (SSSR count). The first-order valence-corrected chi connectivity index (χ1v) is 7.85. The molecule has 18 heavy (non-hydrogen) atoms. The summed E-state index contributed by atoms with van der Waals surface area (Å²) < 4.78 is 0. The molecule has 0 bridgehead atoms. The topological polar surface area (TPSA) is 41.0 Å². The molecule has 0 aliphatic carbocycles. The number of piperidine rings is 1. The normalized spacial score (nSPS) is 19.9. The van der Waals surface area contributed by atoms with E-state index in [0.717, 1.165) is 35.8 Å². The number of thioether (sulfide) groups is 1. The first kappa shape index (κ1) is 13.5. The van der Waals surface area contributed by atoms with Crippen molar-refractivity contribution in [2.75, 3.05) is 36.6 Å². The van der Waals surface area contributed by atoms with Gasteiger partial charge in [0.05, 0.1) is 0 Å². The lowest BCUT2D eigenvalue weighted by Gasteiger charge is -2.33. The monoisotopic (exact) mass is 266 g/mol. The molecule has 1 saturated heterocycles. The molecule has 0 saturated carbocycles. The number of aromatic nitrogens is 2. The molecule has 1 aromatic heterocycles. The Bertz CT molecular complexity index is 374. The molecule has 1 atom stereocenters. The minimum atomic E-state index is 0.810. The predicted molar refractivity (Wildman–Crippen MR) is 78.6 cm³/mol. The molecule has 1 aromatic rings. The van der Waals surface area contributed by atoms with E-state index in [1.54, 1.807) is 11.8 Å². The van der Waals surface area contributed by atoms with Crippen LogP contribution in [0.3, 0.4) is 0 Å². The van der Waals surface area contributed by atoms with Crippen molar-refractivity contribution >= 4 is 23.4 Å². The summed E-state index contributed by atoms with van der Waals surface area (Å²) in [4.78, 5) is 11.5. The van der Waals surface area contributed by atoms with Crippen molar-refractivity contribution in [3.63, 3.8) is 0 Å². The second-order valence-electron chi connectivity index (χ2n) is 4.71. The number of hydrogen-bond donors (Lipinski definition) is 1. The van der Waals surface area contributed by atoms with Gasteiger partial charge in [0.25, 0.3) is 0 Å². The minimum absolute atomic E-state index is 0.810. The van der Waals surface area contributed by atoms with Crippen LogP contribution in [-0.2, 0) is 0 Å². The maximum absolute atomic E-state index is 4.63. The molecule has 100 valence electrons. The van der Waals surface area contributed by atoms with Crippen LogP contribution in [0.2, 0.25) is 0 Å². The summed E-state index contributed by atoms with van der Waals surface area (Å²) in [6, 6.07) is 2.05. The maximum atomic E-state index is 4.63. The van der Waals surface area contributed by atoms with E-state index in [9.17, 15) is 0 Å². The fourth-order valence-electron chi connectivity index (χ4n) is 2.40. The molecule has 1 unspecified atom stereocenters. The predicted octanol–water partition coefficient (Wildman–Crippen LogP) is 2.87. The van der Waals surface area contributed by atoms with Gasteiger partial charge in [-0.05, 0) is 25.0 Å². The van der Waals surface area contributed by atoms with Crippen molar-refractivity contribution in [2.45, 2.75) is 31.3 Å². The van der Waals surface area contributed by atoms with Gasteiger partial charge < -0.3 is 10.2 Å². The summed E-state index contributed by atoms with van der Waals surface area (Å²) >= 11 is 1.59. The second-order valence-corrected chi connectivity index (χ2v) is 5.48. The zero-order valence-electron chi connectivity index (χ0n) is 11.4. The Morgan fingerprint density at radius 2 is 2.33 bits per heavy atom. The van der Waals surface area contributed by atoms with E-state index in [-0.39, 0.29) is 0 Å². The molecular weight excluding hydrogens is 244 g/mol. The third-order valence-electron chi connectivity index (χ3n) is 3.55. The van der Waals surface area contributed by atoms with Gasteiger partial charge in [-0.1, -0.05) is 25.1 Å². The van der Waals surface area contributed by atoms with E-state index in [4.69, 9.17) is 0 Å². The van der Waals surface area contributed by atoms with E-state index >= 15 is 0 Å². The highest BCUT2D eigenvalue weighted by Crippen LogP contribution is 2.26. The summed E-state index contributed by atoms with van der Waals surface area (Å²) in [5, 5.41) is 3.96. The van der Waals surface area contributed by atoms with Crippen molar-refractivity contribution < 1.29 is 0 Å². The van der Waals surface area contributed by atoms with Crippen LogP contribution in [-0.4, -0.2) is 36.4 Å². The average molecular weight is 266 g/mol. The van der Waals surface area contributed by atoms with Crippen molar-refractivity contribution in [3.05, 3.63) is 6.07 Å². The summed E-state index contributed by atoms with van der Waals surface area (Å²) in [5.74, 6) is 2.78. The van der Waals surface area contributed by atoms with Crippen LogP contribution >= 0.6 is 11.8 Å². The Kier molecular flexibility index (Phi) is 4.69. The van der Waals surface area contributed by atoms with E-state index < -0.39 is 0 Å². The second kappa shape index (κ2) is 6.27. The number of nitrogens with one attached hydrogen (secondary N) is 1. The van der Waals surface area contributed by atoms with Crippen molar-refractivity contribution in [1.29, 1.82) is 0 Å². The lowest BCUT2D eigenvalue weighted by atomic mass is 9.96. The Hall–Kier alpha value is -0.970. The Balaban J connectivity index is 2.20. The van der Waals surface area contributed by atoms with Gasteiger partial charge in [0, 0.05) is 26.2 Å².